The Kier molecular flexibility index (Phi) is 3.14. The maximum atomic E-state index is 11.2. The zero-order chi connectivity index (χ0) is 8.97. The molecular formula is C9H15NO2. The molecule has 0 aromatic rings. The van der Waals surface area contributed by atoms with Crippen LogP contribution in [0.2, 0.25) is 0 Å². The normalized spacial score (nSPS) is 21.5. The van der Waals surface area contributed by atoms with E-state index in [1.165, 1.54) is 7.11 Å². The first kappa shape index (κ1) is 9.10. The number of hydrogen-bond donors (Lipinski definition) is 0. The molecule has 3 heteroatoms. The van der Waals surface area contributed by atoms with Gasteiger partial charge in [-0.3, -0.25) is 4.90 Å². The lowest BCUT2D eigenvalue weighted by molar-refractivity contribution is 0.121. The van der Waals surface area contributed by atoms with E-state index >= 15 is 0 Å². The highest BCUT2D eigenvalue weighted by molar-refractivity contribution is 5.69. The van der Waals surface area contributed by atoms with E-state index in [0.717, 1.165) is 12.8 Å². The molecule has 1 atom stereocenters. The predicted octanol–water partition coefficient (Wildman–Crippen LogP) is 1.79. The van der Waals surface area contributed by atoms with Gasteiger partial charge in [0.2, 0.25) is 0 Å². The van der Waals surface area contributed by atoms with Crippen molar-refractivity contribution in [3.05, 3.63) is 12.2 Å². The van der Waals surface area contributed by atoms with Crippen molar-refractivity contribution in [3.63, 3.8) is 0 Å². The van der Waals surface area contributed by atoms with Crippen LogP contribution in [0.5, 0.6) is 0 Å². The van der Waals surface area contributed by atoms with Crippen molar-refractivity contribution >= 4 is 6.09 Å². The second kappa shape index (κ2) is 4.14. The third-order valence-electron chi connectivity index (χ3n) is 2.05. The molecule has 12 heavy (non-hydrogen) atoms. The van der Waals surface area contributed by atoms with Crippen LogP contribution in [-0.4, -0.2) is 30.7 Å². The number of rotatable bonds is 2. The highest BCUT2D eigenvalue weighted by atomic mass is 16.5. The monoisotopic (exact) mass is 169 g/mol. The summed E-state index contributed by atoms with van der Waals surface area (Å²) in [6.45, 7) is 2.80. The van der Waals surface area contributed by atoms with Crippen molar-refractivity contribution < 1.29 is 9.53 Å². The minimum atomic E-state index is -0.224. The van der Waals surface area contributed by atoms with Crippen molar-refractivity contribution in [2.45, 2.75) is 25.8 Å². The highest BCUT2D eigenvalue weighted by Gasteiger charge is 2.23. The van der Waals surface area contributed by atoms with Gasteiger partial charge in [0, 0.05) is 6.54 Å². The summed E-state index contributed by atoms with van der Waals surface area (Å²) < 4.78 is 4.66. The smallest absolute Gasteiger partial charge is 0.410 e. The maximum Gasteiger partial charge on any atom is 0.410 e. The molecule has 1 aliphatic heterocycles. The van der Waals surface area contributed by atoms with Gasteiger partial charge in [0.25, 0.3) is 0 Å². The molecule has 0 aliphatic carbocycles. The molecule has 1 aliphatic rings. The molecule has 0 unspecified atom stereocenters. The van der Waals surface area contributed by atoms with Gasteiger partial charge in [-0.1, -0.05) is 25.5 Å². The van der Waals surface area contributed by atoms with Crippen molar-refractivity contribution in [3.8, 4) is 0 Å². The number of nitrogens with zero attached hydrogens (tertiary/aromatic N) is 1. The van der Waals surface area contributed by atoms with Gasteiger partial charge < -0.3 is 4.74 Å². The number of ether oxygens (including phenoxy) is 1. The highest BCUT2D eigenvalue weighted by Crippen LogP contribution is 2.15. The zero-order valence-electron chi connectivity index (χ0n) is 7.62. The van der Waals surface area contributed by atoms with Crippen molar-refractivity contribution in [1.29, 1.82) is 0 Å². The topological polar surface area (TPSA) is 29.5 Å². The molecule has 0 spiro atoms. The summed E-state index contributed by atoms with van der Waals surface area (Å²) in [4.78, 5) is 12.9. The van der Waals surface area contributed by atoms with Gasteiger partial charge in [0.05, 0.1) is 13.2 Å². The van der Waals surface area contributed by atoms with Crippen LogP contribution in [0.3, 0.4) is 0 Å². The fourth-order valence-electron chi connectivity index (χ4n) is 1.45. The molecule has 0 aromatic heterocycles. The molecule has 0 radical (unpaired) electrons. The van der Waals surface area contributed by atoms with Crippen molar-refractivity contribution in [2.75, 3.05) is 13.7 Å². The van der Waals surface area contributed by atoms with Crippen LogP contribution in [0, 0.1) is 0 Å². The number of carbonyl (C=O) groups is 1. The van der Waals surface area contributed by atoms with E-state index in [-0.39, 0.29) is 12.1 Å². The Morgan fingerprint density at radius 3 is 3.08 bits per heavy atom. The van der Waals surface area contributed by atoms with Gasteiger partial charge in [-0.15, -0.1) is 0 Å². The van der Waals surface area contributed by atoms with Crippen LogP contribution in [0.4, 0.5) is 4.79 Å². The first-order chi connectivity index (χ1) is 5.79. The summed E-state index contributed by atoms with van der Waals surface area (Å²) in [5.41, 5.74) is 0. The van der Waals surface area contributed by atoms with E-state index < -0.39 is 0 Å². The third kappa shape index (κ3) is 1.78. The molecular weight excluding hydrogens is 154 g/mol. The average Bonchev–Trinajstić information content (AvgIpc) is 2.52. The molecule has 0 saturated heterocycles. The van der Waals surface area contributed by atoms with E-state index in [1.54, 1.807) is 4.90 Å². The van der Waals surface area contributed by atoms with Crippen LogP contribution >= 0.6 is 0 Å². The van der Waals surface area contributed by atoms with E-state index in [1.807, 2.05) is 6.08 Å². The van der Waals surface area contributed by atoms with E-state index in [2.05, 4.69) is 17.7 Å². The van der Waals surface area contributed by atoms with Gasteiger partial charge in [0.1, 0.15) is 0 Å². The predicted molar refractivity (Wildman–Crippen MR) is 46.9 cm³/mol. The summed E-state index contributed by atoms with van der Waals surface area (Å²) in [6.07, 6.45) is 5.96. The largest absolute Gasteiger partial charge is 0.453 e. The number of methoxy groups -OCH3 is 1. The minimum Gasteiger partial charge on any atom is -0.453 e. The molecule has 3 nitrogen and oxygen atoms in total. The molecule has 68 valence electrons. The molecule has 0 fully saturated rings. The Balaban J connectivity index is 2.49. The summed E-state index contributed by atoms with van der Waals surface area (Å²) in [5, 5.41) is 0. The fraction of sp³-hybridized carbons (Fsp3) is 0.667. The number of carbonyl (C=O) groups excluding carboxylic acids is 1. The van der Waals surface area contributed by atoms with Crippen molar-refractivity contribution in [1.82, 2.24) is 4.90 Å². The minimum absolute atomic E-state index is 0.224. The zero-order valence-corrected chi connectivity index (χ0v) is 7.62. The average molecular weight is 169 g/mol. The molecule has 1 amide bonds. The fourth-order valence-corrected chi connectivity index (χ4v) is 1.45. The molecule has 0 aromatic carbocycles. The Bertz CT molecular complexity index is 189. The summed E-state index contributed by atoms with van der Waals surface area (Å²) in [5.74, 6) is 0. The summed E-state index contributed by atoms with van der Waals surface area (Å²) >= 11 is 0. The Morgan fingerprint density at radius 1 is 1.75 bits per heavy atom. The van der Waals surface area contributed by atoms with Gasteiger partial charge in [0.15, 0.2) is 0 Å². The van der Waals surface area contributed by atoms with Gasteiger partial charge in [-0.25, -0.2) is 4.79 Å². The van der Waals surface area contributed by atoms with Crippen molar-refractivity contribution in [2.24, 2.45) is 0 Å². The van der Waals surface area contributed by atoms with Crippen LogP contribution < -0.4 is 0 Å². The van der Waals surface area contributed by atoms with Gasteiger partial charge >= 0.3 is 6.09 Å². The number of hydrogen-bond acceptors (Lipinski definition) is 2. The molecule has 1 heterocycles. The SMILES string of the molecule is CCC[C@H]1C=CCN1C(=O)OC. The second-order valence-electron chi connectivity index (χ2n) is 2.91. The molecule has 1 rings (SSSR count). The Morgan fingerprint density at radius 2 is 2.50 bits per heavy atom. The van der Waals surface area contributed by atoms with Crippen LogP contribution in [0.1, 0.15) is 19.8 Å². The van der Waals surface area contributed by atoms with E-state index in [9.17, 15) is 4.79 Å². The Hall–Kier alpha value is -0.990. The first-order valence-electron chi connectivity index (χ1n) is 4.30. The first-order valence-corrected chi connectivity index (χ1v) is 4.30. The quantitative estimate of drug-likeness (QED) is 0.590. The van der Waals surface area contributed by atoms with E-state index in [0.29, 0.717) is 6.54 Å². The Labute approximate surface area is 73.0 Å². The van der Waals surface area contributed by atoms with Crippen LogP contribution in [0.15, 0.2) is 12.2 Å². The standard InChI is InChI=1S/C9H15NO2/c1-3-5-8-6-4-7-10(8)9(11)12-2/h4,6,8H,3,5,7H2,1-2H3/t8-/m0/s1. The van der Waals surface area contributed by atoms with Gasteiger partial charge in [-0.05, 0) is 6.42 Å². The lowest BCUT2D eigenvalue weighted by Gasteiger charge is -2.22. The van der Waals surface area contributed by atoms with E-state index in [4.69, 9.17) is 0 Å². The molecule has 0 bridgehead atoms. The molecule has 0 N–H and O–H groups in total. The second-order valence-corrected chi connectivity index (χ2v) is 2.91. The third-order valence-corrected chi connectivity index (χ3v) is 2.05. The number of amides is 1. The van der Waals surface area contributed by atoms with Crippen LogP contribution in [-0.2, 0) is 4.74 Å². The maximum absolute atomic E-state index is 11.2. The lowest BCUT2D eigenvalue weighted by Crippen LogP contribution is -2.35. The lowest BCUT2D eigenvalue weighted by atomic mass is 10.2. The van der Waals surface area contributed by atoms with Gasteiger partial charge in [-0.2, -0.15) is 0 Å². The summed E-state index contributed by atoms with van der Waals surface area (Å²) in [6, 6.07) is 0.252. The molecule has 0 saturated carbocycles. The van der Waals surface area contributed by atoms with Crippen LogP contribution in [0.25, 0.3) is 0 Å². The summed E-state index contributed by atoms with van der Waals surface area (Å²) in [7, 11) is 1.42.